The molecule has 0 aromatic rings. The van der Waals surface area contributed by atoms with Crippen molar-refractivity contribution >= 4 is 11.9 Å². The monoisotopic (exact) mass is 470 g/mol. The Bertz CT molecular complexity index is 450. The van der Waals surface area contributed by atoms with Crippen LogP contribution in [0.5, 0.6) is 0 Å². The second-order valence-corrected chi connectivity index (χ2v) is 9.96. The maximum atomic E-state index is 12.0. The van der Waals surface area contributed by atoms with Crippen molar-refractivity contribution in [2.24, 2.45) is 5.92 Å². The Morgan fingerprint density at radius 2 is 1.12 bits per heavy atom. The fraction of sp³-hybridized carbons (Fsp3) is 0.929. The molecule has 1 atom stereocenters. The first-order valence-corrected chi connectivity index (χ1v) is 14.0. The Labute approximate surface area is 204 Å². The van der Waals surface area contributed by atoms with Crippen LogP contribution in [0, 0.1) is 5.92 Å². The van der Waals surface area contributed by atoms with E-state index in [-0.39, 0.29) is 25.2 Å². The molecule has 0 aromatic heterocycles. The van der Waals surface area contributed by atoms with Crippen molar-refractivity contribution in [3.05, 3.63) is 0 Å². The molecule has 5 heteroatoms. The zero-order chi connectivity index (χ0) is 24.6. The first-order valence-electron chi connectivity index (χ1n) is 14.0. The van der Waals surface area contributed by atoms with Crippen molar-refractivity contribution in [2.45, 2.75) is 149 Å². The molecular weight excluding hydrogens is 416 g/mol. The predicted molar refractivity (Wildman–Crippen MR) is 136 cm³/mol. The first-order chi connectivity index (χ1) is 16.0. The normalized spacial score (nSPS) is 12.2. The molecule has 5 nitrogen and oxygen atoms in total. The third kappa shape index (κ3) is 23.8. The highest BCUT2D eigenvalue weighted by Gasteiger charge is 2.16. The largest absolute Gasteiger partial charge is 0.462 e. The molecule has 0 bridgehead atoms. The lowest BCUT2D eigenvalue weighted by Gasteiger charge is -2.15. The molecule has 0 heterocycles. The van der Waals surface area contributed by atoms with Crippen molar-refractivity contribution in [3.8, 4) is 0 Å². The molecule has 0 amide bonds. The minimum Gasteiger partial charge on any atom is -0.462 e. The number of carbonyl (C=O) groups excluding carboxylic acids is 2. The molecule has 33 heavy (non-hydrogen) atoms. The van der Waals surface area contributed by atoms with E-state index >= 15 is 0 Å². The smallest absolute Gasteiger partial charge is 0.306 e. The van der Waals surface area contributed by atoms with Gasteiger partial charge in [-0.3, -0.25) is 9.59 Å². The van der Waals surface area contributed by atoms with Crippen LogP contribution < -0.4 is 0 Å². The molecule has 0 aliphatic heterocycles. The summed E-state index contributed by atoms with van der Waals surface area (Å²) in [6, 6.07) is 0. The summed E-state index contributed by atoms with van der Waals surface area (Å²) in [5.74, 6) is 0.200. The van der Waals surface area contributed by atoms with Crippen LogP contribution in [0.25, 0.3) is 0 Å². The van der Waals surface area contributed by atoms with Crippen LogP contribution in [0.3, 0.4) is 0 Å². The van der Waals surface area contributed by atoms with Crippen LogP contribution in [-0.2, 0) is 19.1 Å². The lowest BCUT2D eigenvalue weighted by molar-refractivity contribution is -0.161. The van der Waals surface area contributed by atoms with E-state index < -0.39 is 6.10 Å². The van der Waals surface area contributed by atoms with Crippen LogP contribution in [0.1, 0.15) is 143 Å². The zero-order valence-corrected chi connectivity index (χ0v) is 22.1. The van der Waals surface area contributed by atoms with E-state index in [1.807, 2.05) is 0 Å². The van der Waals surface area contributed by atoms with Crippen LogP contribution >= 0.6 is 0 Å². The minimum atomic E-state index is -0.758. The standard InChI is InChI=1S/C28H54O5/c1-4-5-6-7-8-9-12-16-19-22-28(31)33-26(23-29)24-32-27(30)21-18-15-13-10-11-14-17-20-25(2)3/h25-26,29H,4-24H2,1-3H3/t26-/m0/s1. The van der Waals surface area contributed by atoms with E-state index in [1.54, 1.807) is 0 Å². The van der Waals surface area contributed by atoms with E-state index in [0.717, 1.165) is 44.4 Å². The van der Waals surface area contributed by atoms with Gasteiger partial charge in [0.15, 0.2) is 6.10 Å². The Balaban J connectivity index is 3.61. The van der Waals surface area contributed by atoms with Gasteiger partial charge in [0, 0.05) is 12.8 Å². The van der Waals surface area contributed by atoms with Crippen LogP contribution in [0.4, 0.5) is 0 Å². The fourth-order valence-electron chi connectivity index (χ4n) is 3.91. The van der Waals surface area contributed by atoms with Crippen molar-refractivity contribution in [1.29, 1.82) is 0 Å². The fourth-order valence-corrected chi connectivity index (χ4v) is 3.91. The number of hydrogen-bond acceptors (Lipinski definition) is 5. The number of unbranched alkanes of at least 4 members (excludes halogenated alkanes) is 14. The molecule has 196 valence electrons. The Hall–Kier alpha value is -1.10. The Morgan fingerprint density at radius 3 is 1.61 bits per heavy atom. The number of aliphatic hydroxyl groups excluding tert-OH is 1. The van der Waals surface area contributed by atoms with Gasteiger partial charge in [-0.25, -0.2) is 0 Å². The molecule has 0 aliphatic carbocycles. The second-order valence-electron chi connectivity index (χ2n) is 9.96. The third-order valence-corrected chi connectivity index (χ3v) is 6.08. The van der Waals surface area contributed by atoms with E-state index in [1.165, 1.54) is 70.6 Å². The predicted octanol–water partition coefficient (Wildman–Crippen LogP) is 7.52. The third-order valence-electron chi connectivity index (χ3n) is 6.08. The summed E-state index contributed by atoms with van der Waals surface area (Å²) < 4.78 is 10.5. The molecule has 0 aliphatic rings. The average Bonchev–Trinajstić information content (AvgIpc) is 2.79. The number of esters is 2. The number of rotatable bonds is 24. The quantitative estimate of drug-likeness (QED) is 0.117. The van der Waals surface area contributed by atoms with Gasteiger partial charge < -0.3 is 14.6 Å². The maximum absolute atomic E-state index is 12.0. The highest BCUT2D eigenvalue weighted by Crippen LogP contribution is 2.13. The van der Waals surface area contributed by atoms with Gasteiger partial charge in [0.2, 0.25) is 0 Å². The molecular formula is C28H54O5. The number of hydrogen-bond donors (Lipinski definition) is 1. The highest BCUT2D eigenvalue weighted by atomic mass is 16.6. The molecule has 0 spiro atoms. The molecule has 0 radical (unpaired) electrons. The molecule has 0 saturated carbocycles. The van der Waals surface area contributed by atoms with Gasteiger partial charge in [0.1, 0.15) is 6.61 Å². The van der Waals surface area contributed by atoms with Crippen molar-refractivity contribution in [1.82, 2.24) is 0 Å². The van der Waals surface area contributed by atoms with Gasteiger partial charge in [-0.1, -0.05) is 117 Å². The molecule has 0 rings (SSSR count). The number of ether oxygens (including phenoxy) is 2. The van der Waals surface area contributed by atoms with Crippen LogP contribution in [0.15, 0.2) is 0 Å². The number of aliphatic hydroxyl groups is 1. The average molecular weight is 471 g/mol. The molecule has 0 fully saturated rings. The van der Waals surface area contributed by atoms with Gasteiger partial charge in [-0.2, -0.15) is 0 Å². The van der Waals surface area contributed by atoms with Gasteiger partial charge in [0.05, 0.1) is 6.61 Å². The number of carbonyl (C=O) groups is 2. The summed E-state index contributed by atoms with van der Waals surface area (Å²) in [5.41, 5.74) is 0. The Morgan fingerprint density at radius 1 is 0.667 bits per heavy atom. The summed E-state index contributed by atoms with van der Waals surface area (Å²) in [6.07, 6.45) is 20.2. The molecule has 0 aromatic carbocycles. The summed E-state index contributed by atoms with van der Waals surface area (Å²) in [4.78, 5) is 23.9. The topological polar surface area (TPSA) is 72.8 Å². The van der Waals surface area contributed by atoms with E-state index in [4.69, 9.17) is 9.47 Å². The van der Waals surface area contributed by atoms with Crippen molar-refractivity contribution < 1.29 is 24.2 Å². The molecule has 1 N–H and O–H groups in total. The van der Waals surface area contributed by atoms with Crippen molar-refractivity contribution in [2.75, 3.05) is 13.2 Å². The van der Waals surface area contributed by atoms with Gasteiger partial charge >= 0.3 is 11.9 Å². The van der Waals surface area contributed by atoms with Gasteiger partial charge in [-0.05, 0) is 18.8 Å². The second kappa shape index (κ2) is 24.0. The maximum Gasteiger partial charge on any atom is 0.306 e. The van der Waals surface area contributed by atoms with E-state index in [9.17, 15) is 14.7 Å². The van der Waals surface area contributed by atoms with Gasteiger partial charge in [-0.15, -0.1) is 0 Å². The highest BCUT2D eigenvalue weighted by molar-refractivity contribution is 5.70. The van der Waals surface area contributed by atoms with Gasteiger partial charge in [0.25, 0.3) is 0 Å². The van der Waals surface area contributed by atoms with Crippen molar-refractivity contribution in [3.63, 3.8) is 0 Å². The lowest BCUT2D eigenvalue weighted by Crippen LogP contribution is -2.28. The zero-order valence-electron chi connectivity index (χ0n) is 22.1. The summed E-state index contributed by atoms with van der Waals surface area (Å²) >= 11 is 0. The van der Waals surface area contributed by atoms with E-state index in [0.29, 0.717) is 12.8 Å². The Kier molecular flexibility index (Phi) is 23.2. The van der Waals surface area contributed by atoms with Crippen LogP contribution in [-0.4, -0.2) is 36.4 Å². The summed E-state index contributed by atoms with van der Waals surface area (Å²) in [5, 5.41) is 9.41. The molecule has 0 unspecified atom stereocenters. The summed E-state index contributed by atoms with van der Waals surface area (Å²) in [7, 11) is 0. The minimum absolute atomic E-state index is 0.0608. The SMILES string of the molecule is CCCCCCCCCCCC(=O)O[C@@H](CO)COC(=O)CCCCCCCCCC(C)C. The molecule has 0 saturated heterocycles. The first kappa shape index (κ1) is 31.9. The van der Waals surface area contributed by atoms with Crippen LogP contribution in [0.2, 0.25) is 0 Å². The summed E-state index contributed by atoms with van der Waals surface area (Å²) in [6.45, 7) is 6.38. The van der Waals surface area contributed by atoms with E-state index in [2.05, 4.69) is 20.8 Å². The lowest BCUT2D eigenvalue weighted by atomic mass is 10.0.